The van der Waals surface area contributed by atoms with Crippen LogP contribution in [0.2, 0.25) is 0 Å². The smallest absolute Gasteiger partial charge is 0.293 e. The molecule has 0 N–H and O–H groups in total. The largest absolute Gasteiger partial charge is 0.401 e. The van der Waals surface area contributed by atoms with Gasteiger partial charge in [-0.2, -0.15) is 13.2 Å². The summed E-state index contributed by atoms with van der Waals surface area (Å²) in [6, 6.07) is 6.86. The van der Waals surface area contributed by atoms with Crippen LogP contribution in [-0.4, -0.2) is 36.0 Å². The van der Waals surface area contributed by atoms with Gasteiger partial charge in [0.15, 0.2) is 5.78 Å². The lowest BCUT2D eigenvalue weighted by Crippen LogP contribution is -2.39. The molecule has 1 aromatic rings. The Hall–Kier alpha value is -1.36. The Labute approximate surface area is 110 Å². The number of hydrogen-bond donors (Lipinski definition) is 0. The van der Waals surface area contributed by atoms with Gasteiger partial charge < -0.3 is 0 Å². The number of halogens is 3. The molecule has 104 valence electrons. The Morgan fingerprint density at radius 2 is 2.05 bits per heavy atom. The molecule has 0 unspecified atom stereocenters. The number of Topliss-reactive ketones (excluding diaryl/α,β-unsaturated/α-hetero) is 1. The fourth-order valence-corrected chi connectivity index (χ4v) is 2.08. The Balaban J connectivity index is 2.03. The van der Waals surface area contributed by atoms with Gasteiger partial charge in [-0.05, 0) is 25.8 Å². The third-order valence-corrected chi connectivity index (χ3v) is 3.13. The van der Waals surface area contributed by atoms with Crippen LogP contribution in [0.1, 0.15) is 28.8 Å². The highest BCUT2D eigenvalue weighted by molar-refractivity contribution is 5.97. The van der Waals surface area contributed by atoms with Gasteiger partial charge in [-0.25, -0.2) is 0 Å². The lowest BCUT2D eigenvalue weighted by atomic mass is 10.1. The Bertz CT molecular complexity index is 466. The van der Waals surface area contributed by atoms with Gasteiger partial charge in [-0.3, -0.25) is 9.69 Å². The van der Waals surface area contributed by atoms with E-state index in [0.29, 0.717) is 5.56 Å². The fourth-order valence-electron chi connectivity index (χ4n) is 2.08. The van der Waals surface area contributed by atoms with Gasteiger partial charge in [0, 0.05) is 11.6 Å². The van der Waals surface area contributed by atoms with Gasteiger partial charge in [-0.15, -0.1) is 0 Å². The highest BCUT2D eigenvalue weighted by atomic mass is 19.4. The van der Waals surface area contributed by atoms with Gasteiger partial charge >= 0.3 is 6.18 Å². The minimum absolute atomic E-state index is 0.0876. The molecule has 1 aromatic carbocycles. The molecule has 0 bridgehead atoms. The molecule has 1 aliphatic carbocycles. The number of nitrogens with zero attached hydrogens (tertiary/aromatic N) is 1. The average molecular weight is 271 g/mol. The molecule has 5 heteroatoms. The van der Waals surface area contributed by atoms with Gasteiger partial charge in [0.1, 0.15) is 0 Å². The molecular weight excluding hydrogens is 255 g/mol. The Morgan fingerprint density at radius 1 is 1.37 bits per heavy atom. The maximum absolute atomic E-state index is 12.5. The van der Waals surface area contributed by atoms with Crippen LogP contribution in [0.4, 0.5) is 13.2 Å². The Morgan fingerprint density at radius 3 is 2.58 bits per heavy atom. The second kappa shape index (κ2) is 5.33. The van der Waals surface area contributed by atoms with Crippen LogP contribution in [0.5, 0.6) is 0 Å². The van der Waals surface area contributed by atoms with E-state index in [9.17, 15) is 18.0 Å². The van der Waals surface area contributed by atoms with E-state index in [-0.39, 0.29) is 18.4 Å². The molecule has 2 nitrogen and oxygen atoms in total. The zero-order valence-corrected chi connectivity index (χ0v) is 10.7. The van der Waals surface area contributed by atoms with Crippen LogP contribution in [0.3, 0.4) is 0 Å². The Kier molecular flexibility index (Phi) is 3.94. The summed E-state index contributed by atoms with van der Waals surface area (Å²) in [6.45, 7) is 0.688. The molecule has 0 radical (unpaired) electrons. The van der Waals surface area contributed by atoms with E-state index in [2.05, 4.69) is 0 Å². The van der Waals surface area contributed by atoms with Gasteiger partial charge in [0.2, 0.25) is 0 Å². The van der Waals surface area contributed by atoms with Crippen molar-refractivity contribution in [2.75, 3.05) is 13.1 Å². The maximum atomic E-state index is 12.5. The van der Waals surface area contributed by atoms with E-state index in [4.69, 9.17) is 0 Å². The molecule has 0 amide bonds. The molecule has 0 spiro atoms. The minimum Gasteiger partial charge on any atom is -0.293 e. The average Bonchev–Trinajstić information content (AvgIpc) is 3.10. The van der Waals surface area contributed by atoms with Crippen molar-refractivity contribution in [1.29, 1.82) is 0 Å². The van der Waals surface area contributed by atoms with Gasteiger partial charge in [0.25, 0.3) is 0 Å². The van der Waals surface area contributed by atoms with E-state index in [1.165, 1.54) is 4.90 Å². The first-order valence-electron chi connectivity index (χ1n) is 6.26. The van der Waals surface area contributed by atoms with Crippen LogP contribution in [0, 0.1) is 6.92 Å². The summed E-state index contributed by atoms with van der Waals surface area (Å²) in [6.07, 6.45) is -2.76. The highest BCUT2D eigenvalue weighted by Crippen LogP contribution is 2.30. The predicted molar refractivity (Wildman–Crippen MR) is 66.2 cm³/mol. The van der Waals surface area contributed by atoms with Crippen LogP contribution >= 0.6 is 0 Å². The number of aryl methyl sites for hydroxylation is 1. The SMILES string of the molecule is Cc1cccc(C(=O)CN(CC(F)(F)F)C2CC2)c1. The molecule has 0 saturated heterocycles. The molecule has 0 aromatic heterocycles. The third kappa shape index (κ3) is 4.35. The zero-order valence-electron chi connectivity index (χ0n) is 10.7. The number of alkyl halides is 3. The zero-order chi connectivity index (χ0) is 14.0. The van der Waals surface area contributed by atoms with Crippen molar-refractivity contribution < 1.29 is 18.0 Å². The van der Waals surface area contributed by atoms with Crippen molar-refractivity contribution in [3.8, 4) is 0 Å². The van der Waals surface area contributed by atoms with E-state index >= 15 is 0 Å². The topological polar surface area (TPSA) is 20.3 Å². The molecule has 19 heavy (non-hydrogen) atoms. The molecule has 1 saturated carbocycles. The van der Waals surface area contributed by atoms with E-state index in [0.717, 1.165) is 18.4 Å². The van der Waals surface area contributed by atoms with Gasteiger partial charge in [-0.1, -0.05) is 23.8 Å². The lowest BCUT2D eigenvalue weighted by Gasteiger charge is -2.22. The summed E-state index contributed by atoms with van der Waals surface area (Å²) in [4.78, 5) is 13.3. The molecule has 0 heterocycles. The van der Waals surface area contributed by atoms with Crippen molar-refractivity contribution in [3.05, 3.63) is 35.4 Å². The number of benzene rings is 1. The maximum Gasteiger partial charge on any atom is 0.401 e. The lowest BCUT2D eigenvalue weighted by molar-refractivity contribution is -0.145. The minimum atomic E-state index is -4.25. The monoisotopic (exact) mass is 271 g/mol. The predicted octanol–water partition coefficient (Wildman–Crippen LogP) is 3.20. The van der Waals surface area contributed by atoms with E-state index < -0.39 is 12.7 Å². The first-order valence-corrected chi connectivity index (χ1v) is 6.26. The van der Waals surface area contributed by atoms with Crippen molar-refractivity contribution in [2.24, 2.45) is 0 Å². The van der Waals surface area contributed by atoms with Crippen LogP contribution in [0.25, 0.3) is 0 Å². The molecule has 1 fully saturated rings. The number of carbonyl (C=O) groups excluding carboxylic acids is 1. The van der Waals surface area contributed by atoms with Crippen LogP contribution in [-0.2, 0) is 0 Å². The van der Waals surface area contributed by atoms with Gasteiger partial charge in [0.05, 0.1) is 13.1 Å². The summed E-state index contributed by atoms with van der Waals surface area (Å²) >= 11 is 0. The molecule has 2 rings (SSSR count). The number of hydrogen-bond acceptors (Lipinski definition) is 2. The number of ketones is 1. The summed E-state index contributed by atoms with van der Waals surface area (Å²) in [5, 5.41) is 0. The standard InChI is InChI=1S/C14H16F3NO/c1-10-3-2-4-11(7-10)13(19)8-18(12-5-6-12)9-14(15,16)17/h2-4,7,12H,5-6,8-9H2,1H3. The summed E-state index contributed by atoms with van der Waals surface area (Å²) < 4.78 is 37.4. The molecule has 0 atom stereocenters. The first kappa shape index (κ1) is 14.1. The van der Waals surface area contributed by atoms with E-state index in [1.807, 2.05) is 13.0 Å². The highest BCUT2D eigenvalue weighted by Gasteiger charge is 2.38. The molecular formula is C14H16F3NO. The number of carbonyl (C=O) groups is 1. The normalized spacial score (nSPS) is 15.8. The fraction of sp³-hybridized carbons (Fsp3) is 0.500. The quantitative estimate of drug-likeness (QED) is 0.766. The van der Waals surface area contributed by atoms with Crippen molar-refractivity contribution >= 4 is 5.78 Å². The van der Waals surface area contributed by atoms with Crippen LogP contribution < -0.4 is 0 Å². The van der Waals surface area contributed by atoms with Crippen molar-refractivity contribution in [2.45, 2.75) is 32.0 Å². The van der Waals surface area contributed by atoms with Crippen molar-refractivity contribution in [1.82, 2.24) is 4.90 Å². The number of rotatable bonds is 5. The summed E-state index contributed by atoms with van der Waals surface area (Å²) in [7, 11) is 0. The molecule has 1 aliphatic rings. The molecule has 0 aliphatic heterocycles. The second-order valence-electron chi connectivity index (χ2n) is 5.04. The van der Waals surface area contributed by atoms with Crippen LogP contribution in [0.15, 0.2) is 24.3 Å². The first-order chi connectivity index (χ1) is 8.85. The van der Waals surface area contributed by atoms with E-state index in [1.54, 1.807) is 18.2 Å². The van der Waals surface area contributed by atoms with Crippen molar-refractivity contribution in [3.63, 3.8) is 0 Å². The summed E-state index contributed by atoms with van der Waals surface area (Å²) in [5.41, 5.74) is 1.41. The summed E-state index contributed by atoms with van der Waals surface area (Å²) in [5.74, 6) is -0.250. The second-order valence-corrected chi connectivity index (χ2v) is 5.04. The third-order valence-electron chi connectivity index (χ3n) is 3.13.